The van der Waals surface area contributed by atoms with Crippen LogP contribution >= 0.6 is 0 Å². The van der Waals surface area contributed by atoms with Gasteiger partial charge in [0.05, 0.1) is 12.8 Å². The number of nitrogens with zero attached hydrogens (tertiary/aromatic N) is 1. The van der Waals surface area contributed by atoms with Crippen LogP contribution < -0.4 is 16.0 Å². The van der Waals surface area contributed by atoms with E-state index >= 15 is 0 Å². The van der Waals surface area contributed by atoms with Gasteiger partial charge in [-0.1, -0.05) is 6.07 Å². The van der Waals surface area contributed by atoms with Gasteiger partial charge in [-0.3, -0.25) is 10.3 Å². The highest BCUT2D eigenvalue weighted by Crippen LogP contribution is 2.20. The number of amides is 1. The number of hydrogen-bond donors (Lipinski definition) is 3. The Morgan fingerprint density at radius 1 is 1.31 bits per heavy atom. The number of pyridine rings is 1. The number of rotatable bonds is 5. The zero-order valence-corrected chi connectivity index (χ0v) is 14.1. The first-order valence-corrected chi connectivity index (χ1v) is 8.57. The van der Waals surface area contributed by atoms with Crippen LogP contribution in [-0.4, -0.2) is 29.9 Å². The smallest absolute Gasteiger partial charge is 0.409 e. The van der Waals surface area contributed by atoms with Crippen molar-refractivity contribution >= 4 is 22.6 Å². The van der Waals surface area contributed by atoms with Gasteiger partial charge in [0.25, 0.3) is 0 Å². The third kappa shape index (κ3) is 3.94. The molecule has 1 amide bonds. The molecule has 3 N–H and O–H groups in total. The maximum absolute atomic E-state index is 11.9. The highest BCUT2D eigenvalue weighted by atomic mass is 16.6. The zero-order chi connectivity index (χ0) is 17.8. The Bertz CT molecular complexity index is 881. The summed E-state index contributed by atoms with van der Waals surface area (Å²) in [5.74, 6) is 0.687. The van der Waals surface area contributed by atoms with Gasteiger partial charge >= 0.3 is 6.09 Å². The quantitative estimate of drug-likeness (QED) is 0.654. The van der Waals surface area contributed by atoms with Crippen LogP contribution in [0.25, 0.3) is 10.8 Å². The molecule has 0 unspecified atom stereocenters. The number of aromatic nitrogens is 1. The van der Waals surface area contributed by atoms with Gasteiger partial charge in [0.1, 0.15) is 5.76 Å². The fourth-order valence-corrected chi connectivity index (χ4v) is 3.05. The van der Waals surface area contributed by atoms with Crippen molar-refractivity contribution in [2.45, 2.75) is 25.2 Å². The van der Waals surface area contributed by atoms with E-state index < -0.39 is 6.09 Å². The number of hydrogen-bond acceptors (Lipinski definition) is 6. The van der Waals surface area contributed by atoms with Crippen LogP contribution in [-0.2, 0) is 11.3 Å². The van der Waals surface area contributed by atoms with Crippen molar-refractivity contribution < 1.29 is 13.9 Å². The molecule has 1 aromatic carbocycles. The first-order valence-electron chi connectivity index (χ1n) is 8.57. The third-order valence-electron chi connectivity index (χ3n) is 4.34. The Morgan fingerprint density at radius 2 is 2.27 bits per heavy atom. The summed E-state index contributed by atoms with van der Waals surface area (Å²) < 4.78 is 10.6. The Hall–Kier alpha value is -3.06. The maximum atomic E-state index is 11.9. The van der Waals surface area contributed by atoms with Crippen LogP contribution in [0.15, 0.2) is 59.5 Å². The minimum Gasteiger partial charge on any atom is -0.467 e. The predicted molar refractivity (Wildman–Crippen MR) is 97.6 cm³/mol. The molecule has 0 spiro atoms. The molecule has 2 aromatic heterocycles. The summed E-state index contributed by atoms with van der Waals surface area (Å²) in [5.41, 5.74) is 1.04. The topological polar surface area (TPSA) is 88.4 Å². The van der Waals surface area contributed by atoms with Crippen molar-refractivity contribution in [3.63, 3.8) is 0 Å². The number of benzene rings is 1. The molecular formula is C19H20N4O3. The zero-order valence-electron chi connectivity index (χ0n) is 14.1. The average Bonchev–Trinajstić information content (AvgIpc) is 3.32. The molecule has 7 heteroatoms. The lowest BCUT2D eigenvalue weighted by molar-refractivity contribution is 0.0884. The third-order valence-corrected chi connectivity index (χ3v) is 4.34. The van der Waals surface area contributed by atoms with Crippen molar-refractivity contribution in [1.29, 1.82) is 0 Å². The summed E-state index contributed by atoms with van der Waals surface area (Å²) in [6.45, 7) is 1.04. The molecule has 1 aliphatic heterocycles. The first kappa shape index (κ1) is 16.4. The predicted octanol–water partition coefficient (Wildman–Crippen LogP) is 2.85. The molecule has 26 heavy (non-hydrogen) atoms. The SMILES string of the molecule is O=C(NCc1ccco1)O[C@H]1C[C@@H](Nc2ccc3cnccc3c2)CN1. The van der Waals surface area contributed by atoms with Gasteiger partial charge in [-0.05, 0) is 35.7 Å². The standard InChI is InChI=1S/C19H20N4O3/c24-19(22-12-17-2-1-7-25-17)26-18-9-16(11-21-18)23-15-4-3-14-10-20-6-5-13(14)8-15/h1-8,10,16,18,21,23H,9,11-12H2,(H,22,24)/t16-,18+/m1/s1. The van der Waals surface area contributed by atoms with E-state index in [2.05, 4.69) is 27.0 Å². The number of furan rings is 1. The normalized spacial score (nSPS) is 19.4. The fraction of sp³-hybridized carbons (Fsp3) is 0.263. The second-order valence-electron chi connectivity index (χ2n) is 6.25. The Balaban J connectivity index is 1.27. The van der Waals surface area contributed by atoms with Crippen LogP contribution in [0.4, 0.5) is 10.5 Å². The molecule has 1 aliphatic rings. The van der Waals surface area contributed by atoms with Crippen LogP contribution in [0.5, 0.6) is 0 Å². The minimum absolute atomic E-state index is 0.192. The molecule has 134 valence electrons. The molecule has 1 fully saturated rings. The second kappa shape index (κ2) is 7.45. The molecule has 7 nitrogen and oxygen atoms in total. The molecule has 0 radical (unpaired) electrons. The van der Waals surface area contributed by atoms with Crippen LogP contribution in [0.2, 0.25) is 0 Å². The van der Waals surface area contributed by atoms with Crippen LogP contribution in [0.3, 0.4) is 0 Å². The van der Waals surface area contributed by atoms with Crippen molar-refractivity contribution in [1.82, 2.24) is 15.6 Å². The lowest BCUT2D eigenvalue weighted by Crippen LogP contribution is -2.33. The highest BCUT2D eigenvalue weighted by Gasteiger charge is 2.26. The summed E-state index contributed by atoms with van der Waals surface area (Å²) in [4.78, 5) is 16.0. The summed E-state index contributed by atoms with van der Waals surface area (Å²) in [5, 5.41) is 11.6. The van der Waals surface area contributed by atoms with E-state index in [1.165, 1.54) is 0 Å². The molecule has 0 bridgehead atoms. The number of ether oxygens (including phenoxy) is 1. The molecule has 0 saturated carbocycles. The molecule has 2 atom stereocenters. The summed E-state index contributed by atoms with van der Waals surface area (Å²) in [6, 6.07) is 11.9. The van der Waals surface area contributed by atoms with Gasteiger partial charge in [-0.2, -0.15) is 0 Å². The molecule has 3 aromatic rings. The lowest BCUT2D eigenvalue weighted by Gasteiger charge is -2.15. The highest BCUT2D eigenvalue weighted by molar-refractivity contribution is 5.84. The number of carbonyl (C=O) groups excluding carboxylic acids is 1. The largest absolute Gasteiger partial charge is 0.467 e. The monoisotopic (exact) mass is 352 g/mol. The van der Waals surface area contributed by atoms with Crippen molar-refractivity contribution in [3.8, 4) is 0 Å². The van der Waals surface area contributed by atoms with Crippen LogP contribution in [0, 0.1) is 0 Å². The Labute approximate surface area is 150 Å². The van der Waals surface area contributed by atoms with E-state index in [1.807, 2.05) is 24.4 Å². The number of alkyl carbamates (subject to hydrolysis) is 1. The maximum Gasteiger partial charge on any atom is 0.409 e. The Kier molecular flexibility index (Phi) is 4.70. The van der Waals surface area contributed by atoms with Gasteiger partial charge in [0.2, 0.25) is 0 Å². The summed E-state index contributed by atoms with van der Waals surface area (Å²) in [6.07, 6.45) is 5.13. The Morgan fingerprint density at radius 3 is 3.15 bits per heavy atom. The van der Waals surface area contributed by atoms with Gasteiger partial charge in [0.15, 0.2) is 6.23 Å². The minimum atomic E-state index is -0.460. The summed E-state index contributed by atoms with van der Waals surface area (Å²) >= 11 is 0. The van der Waals surface area contributed by atoms with Gasteiger partial charge in [0, 0.05) is 42.5 Å². The van der Waals surface area contributed by atoms with E-state index in [1.54, 1.807) is 24.6 Å². The van der Waals surface area contributed by atoms with Crippen molar-refractivity contribution in [2.75, 3.05) is 11.9 Å². The van der Waals surface area contributed by atoms with E-state index in [-0.39, 0.29) is 12.3 Å². The second-order valence-corrected chi connectivity index (χ2v) is 6.25. The van der Waals surface area contributed by atoms with E-state index in [0.717, 1.165) is 23.0 Å². The van der Waals surface area contributed by atoms with Crippen molar-refractivity contribution in [3.05, 3.63) is 60.8 Å². The van der Waals surface area contributed by atoms with Gasteiger partial charge in [-0.15, -0.1) is 0 Å². The molecule has 3 heterocycles. The van der Waals surface area contributed by atoms with E-state index in [4.69, 9.17) is 9.15 Å². The lowest BCUT2D eigenvalue weighted by atomic mass is 10.1. The van der Waals surface area contributed by atoms with E-state index in [9.17, 15) is 4.79 Å². The first-order chi connectivity index (χ1) is 12.8. The number of nitrogens with one attached hydrogen (secondary N) is 3. The van der Waals surface area contributed by atoms with Crippen LogP contribution in [0.1, 0.15) is 12.2 Å². The average molecular weight is 352 g/mol. The number of carbonyl (C=O) groups is 1. The number of anilines is 1. The summed E-state index contributed by atoms with van der Waals surface area (Å²) in [7, 11) is 0. The molecule has 1 saturated heterocycles. The molecular weight excluding hydrogens is 332 g/mol. The fourth-order valence-electron chi connectivity index (χ4n) is 3.05. The van der Waals surface area contributed by atoms with Crippen molar-refractivity contribution in [2.24, 2.45) is 0 Å². The number of fused-ring (bicyclic) bond motifs is 1. The van der Waals surface area contributed by atoms with Gasteiger partial charge in [-0.25, -0.2) is 4.79 Å². The molecule has 4 rings (SSSR count). The van der Waals surface area contributed by atoms with Gasteiger partial charge < -0.3 is 19.8 Å². The molecule has 0 aliphatic carbocycles. The van der Waals surface area contributed by atoms with E-state index in [0.29, 0.717) is 18.7 Å².